The molecule has 2 N–H and O–H groups in total. The molecule has 0 bridgehead atoms. The van der Waals surface area contributed by atoms with Crippen LogP contribution in [0.1, 0.15) is 60.6 Å². The molecule has 0 atom stereocenters. The lowest BCUT2D eigenvalue weighted by Crippen LogP contribution is -2.45. The largest absolute Gasteiger partial charge is 0.393 e. The quantitative estimate of drug-likeness (QED) is 0.279. The van der Waals surface area contributed by atoms with Crippen LogP contribution in [0.15, 0.2) is 36.7 Å². The molecule has 2 fully saturated rings. The molecule has 46 heavy (non-hydrogen) atoms. The fraction of sp³-hybridized carbons (Fsp3) is 0.529. The highest BCUT2D eigenvalue weighted by molar-refractivity contribution is 6.05. The maximum Gasteiger partial charge on any atom is 0.261 e. The maximum absolute atomic E-state index is 15.8. The average Bonchev–Trinajstić information content (AvgIpc) is 3.63. The van der Waals surface area contributed by atoms with Crippen molar-refractivity contribution in [1.82, 2.24) is 34.1 Å². The van der Waals surface area contributed by atoms with Gasteiger partial charge in [-0.2, -0.15) is 5.10 Å². The molecule has 2 aliphatic rings. The van der Waals surface area contributed by atoms with Crippen LogP contribution in [0.25, 0.3) is 22.3 Å². The highest BCUT2D eigenvalue weighted by Gasteiger charge is 2.28. The first-order valence-electron chi connectivity index (χ1n) is 16.3. The Bertz CT molecular complexity index is 1680. The van der Waals surface area contributed by atoms with E-state index in [1.165, 1.54) is 12.3 Å². The van der Waals surface area contributed by atoms with Crippen LogP contribution in [-0.2, 0) is 7.05 Å². The van der Waals surface area contributed by atoms with E-state index < -0.39 is 11.7 Å². The summed E-state index contributed by atoms with van der Waals surface area (Å²) in [6, 6.07) is 8.38. The summed E-state index contributed by atoms with van der Waals surface area (Å²) in [6.07, 6.45) is 7.97. The number of carbonyl (C=O) groups is 1. The fourth-order valence-electron chi connectivity index (χ4n) is 6.88. The molecule has 1 saturated heterocycles. The van der Waals surface area contributed by atoms with Crippen molar-refractivity contribution < 1.29 is 14.3 Å². The number of amides is 1. The van der Waals surface area contributed by atoms with Gasteiger partial charge in [-0.25, -0.2) is 14.4 Å². The fourth-order valence-corrected chi connectivity index (χ4v) is 6.88. The summed E-state index contributed by atoms with van der Waals surface area (Å²) in [5.74, 6) is -0.893. The van der Waals surface area contributed by atoms with Gasteiger partial charge in [0.25, 0.3) is 5.91 Å². The summed E-state index contributed by atoms with van der Waals surface area (Å²) in [5, 5.41) is 17.3. The Kier molecular flexibility index (Phi) is 9.39. The number of hydrogen-bond acceptors (Lipinski definition) is 8. The van der Waals surface area contributed by atoms with Gasteiger partial charge in [-0.1, -0.05) is 0 Å². The molecule has 6 rings (SSSR count). The van der Waals surface area contributed by atoms with Crippen molar-refractivity contribution in [1.29, 1.82) is 0 Å². The molecular formula is C34H46FN9O2. The Morgan fingerprint density at radius 2 is 1.78 bits per heavy atom. The molecule has 246 valence electrons. The van der Waals surface area contributed by atoms with E-state index >= 15 is 4.39 Å². The highest BCUT2D eigenvalue weighted by atomic mass is 19.1. The molecular weight excluding hydrogens is 585 g/mol. The molecule has 1 saturated carbocycles. The van der Waals surface area contributed by atoms with E-state index in [0.29, 0.717) is 36.1 Å². The van der Waals surface area contributed by atoms with Crippen LogP contribution in [0.5, 0.6) is 0 Å². The van der Waals surface area contributed by atoms with Crippen molar-refractivity contribution in [3.8, 4) is 11.3 Å². The molecule has 1 aliphatic heterocycles. The Labute approximate surface area is 270 Å². The van der Waals surface area contributed by atoms with Gasteiger partial charge < -0.3 is 24.4 Å². The van der Waals surface area contributed by atoms with E-state index in [9.17, 15) is 9.90 Å². The van der Waals surface area contributed by atoms with E-state index in [1.54, 1.807) is 24.9 Å². The van der Waals surface area contributed by atoms with E-state index in [2.05, 4.69) is 67.9 Å². The van der Waals surface area contributed by atoms with Crippen LogP contribution in [-0.4, -0.2) is 105 Å². The van der Waals surface area contributed by atoms with Crippen molar-refractivity contribution in [2.75, 3.05) is 57.5 Å². The van der Waals surface area contributed by atoms with E-state index in [1.807, 2.05) is 6.07 Å². The lowest BCUT2D eigenvalue weighted by Gasteiger charge is -2.38. The number of halogens is 1. The van der Waals surface area contributed by atoms with Gasteiger partial charge in [0.15, 0.2) is 5.82 Å². The minimum atomic E-state index is -0.697. The number of piperidine rings is 1. The first kappa shape index (κ1) is 32.1. The summed E-state index contributed by atoms with van der Waals surface area (Å²) in [6.45, 7) is 5.78. The number of rotatable bonds is 9. The summed E-state index contributed by atoms with van der Waals surface area (Å²) in [4.78, 5) is 30.1. The van der Waals surface area contributed by atoms with Gasteiger partial charge in [0.2, 0.25) is 5.95 Å². The number of imidazole rings is 1. The number of aryl methyl sites for hydroxylation is 2. The third-order valence-corrected chi connectivity index (χ3v) is 9.59. The maximum atomic E-state index is 15.8. The zero-order valence-electron chi connectivity index (χ0n) is 27.6. The molecule has 0 unspecified atom stereocenters. The molecule has 3 aromatic heterocycles. The van der Waals surface area contributed by atoms with Crippen LogP contribution in [0, 0.1) is 12.7 Å². The average molecular weight is 632 g/mol. The number of likely N-dealkylation sites (N-methyl/N-ethyl adjacent to an activating group) is 2. The Hall–Kier alpha value is -3.87. The number of anilines is 2. The number of fused-ring (bicyclic) bond motifs is 1. The van der Waals surface area contributed by atoms with Crippen LogP contribution in [0.2, 0.25) is 0 Å². The highest BCUT2D eigenvalue weighted by Crippen LogP contribution is 2.36. The van der Waals surface area contributed by atoms with Crippen molar-refractivity contribution in [2.24, 2.45) is 7.05 Å². The zero-order chi connectivity index (χ0) is 32.5. The SMILES string of the molecule is Cc1cc(C(=O)Nc2nc3ccc(N4CCC(N(C)CCN(C)C)CC4)cc3n2C2CCC(O)CC2)c(F)c(-c2cnn(C)c2)n1. The third kappa shape index (κ3) is 6.79. The van der Waals surface area contributed by atoms with Crippen LogP contribution >= 0.6 is 0 Å². The van der Waals surface area contributed by atoms with Crippen LogP contribution < -0.4 is 10.2 Å². The summed E-state index contributed by atoms with van der Waals surface area (Å²) >= 11 is 0. The van der Waals surface area contributed by atoms with Crippen molar-refractivity contribution in [3.63, 3.8) is 0 Å². The molecule has 1 aliphatic carbocycles. The molecule has 4 heterocycles. The minimum Gasteiger partial charge on any atom is -0.393 e. The second-order valence-corrected chi connectivity index (χ2v) is 13.3. The summed E-state index contributed by atoms with van der Waals surface area (Å²) in [5.41, 5.74) is 3.86. The zero-order valence-corrected chi connectivity index (χ0v) is 27.6. The third-order valence-electron chi connectivity index (χ3n) is 9.59. The monoisotopic (exact) mass is 631 g/mol. The smallest absolute Gasteiger partial charge is 0.261 e. The van der Waals surface area contributed by atoms with Crippen LogP contribution in [0.4, 0.5) is 16.0 Å². The predicted molar refractivity (Wildman–Crippen MR) is 179 cm³/mol. The second-order valence-electron chi connectivity index (χ2n) is 13.3. The molecule has 12 heteroatoms. The second kappa shape index (κ2) is 13.5. The van der Waals surface area contributed by atoms with Gasteiger partial charge in [0.05, 0.1) is 28.9 Å². The van der Waals surface area contributed by atoms with E-state index in [4.69, 9.17) is 4.98 Å². The van der Waals surface area contributed by atoms with Gasteiger partial charge in [-0.3, -0.25) is 14.8 Å². The number of pyridine rings is 1. The Morgan fingerprint density at radius 3 is 2.46 bits per heavy atom. The summed E-state index contributed by atoms with van der Waals surface area (Å²) < 4.78 is 19.5. The van der Waals surface area contributed by atoms with Gasteiger partial charge in [-0.15, -0.1) is 0 Å². The number of nitrogens with one attached hydrogen (secondary N) is 1. The lowest BCUT2D eigenvalue weighted by molar-refractivity contribution is 0.101. The first-order chi connectivity index (χ1) is 22.1. The molecule has 1 aromatic carbocycles. The Morgan fingerprint density at radius 1 is 1.04 bits per heavy atom. The molecule has 11 nitrogen and oxygen atoms in total. The number of aromatic nitrogens is 5. The van der Waals surface area contributed by atoms with Crippen LogP contribution in [0.3, 0.4) is 0 Å². The first-order valence-corrected chi connectivity index (χ1v) is 16.3. The normalized spacial score (nSPS) is 19.5. The molecule has 1 amide bonds. The number of hydrogen-bond donors (Lipinski definition) is 2. The van der Waals surface area contributed by atoms with Crippen molar-refractivity contribution in [2.45, 2.75) is 63.6 Å². The van der Waals surface area contributed by atoms with Gasteiger partial charge in [-0.05, 0) is 90.9 Å². The summed E-state index contributed by atoms with van der Waals surface area (Å²) in [7, 11) is 8.20. The predicted octanol–water partition coefficient (Wildman–Crippen LogP) is 4.47. The number of nitrogens with zero attached hydrogens (tertiary/aromatic N) is 8. The van der Waals surface area contributed by atoms with Gasteiger partial charge >= 0.3 is 0 Å². The standard InChI is InChI=1S/C34H46FN9O2/c1-22-18-28(31(35)32(37-22)23-20-36-42(5)21-23)33(46)39-34-38-29-11-8-26(19-30(29)44(34)25-6-9-27(45)10-7-25)43-14-12-24(13-15-43)41(4)17-16-40(2)3/h8,11,18-21,24-25,27,45H,6-7,9-10,12-17H2,1-5H3,(H,38,39,46). The van der Waals surface area contributed by atoms with E-state index in [-0.39, 0.29) is 23.4 Å². The number of carbonyl (C=O) groups excluding carboxylic acids is 1. The van der Waals surface area contributed by atoms with Crippen molar-refractivity contribution >= 4 is 28.6 Å². The molecule has 4 aromatic rings. The Balaban J connectivity index is 1.28. The van der Waals surface area contributed by atoms with E-state index in [0.717, 1.165) is 68.6 Å². The lowest BCUT2D eigenvalue weighted by atomic mass is 9.93. The van der Waals surface area contributed by atoms with Gasteiger partial charge in [0, 0.05) is 68.5 Å². The minimum absolute atomic E-state index is 0.0463. The van der Waals surface area contributed by atoms with Crippen molar-refractivity contribution in [3.05, 3.63) is 53.7 Å². The van der Waals surface area contributed by atoms with Gasteiger partial charge in [0.1, 0.15) is 5.69 Å². The topological polar surface area (TPSA) is 108 Å². The number of aliphatic hydroxyl groups excluding tert-OH is 1. The molecule has 0 radical (unpaired) electrons. The molecule has 0 spiro atoms. The number of aliphatic hydroxyl groups is 1. The number of benzene rings is 1.